The first-order valence-electron chi connectivity index (χ1n) is 9.68. The number of rotatable bonds is 9. The summed E-state index contributed by atoms with van der Waals surface area (Å²) in [5.74, 6) is 1.62. The molecule has 3 rings (SSSR count). The Kier molecular flexibility index (Phi) is 7.30. The lowest BCUT2D eigenvalue weighted by atomic mass is 10.2. The van der Waals surface area contributed by atoms with Gasteiger partial charge in [-0.1, -0.05) is 35.5 Å². The largest absolute Gasteiger partial charge is 0.370 e. The Morgan fingerprint density at radius 3 is 2.62 bits per heavy atom. The highest BCUT2D eigenvalue weighted by Gasteiger charge is 2.13. The normalized spacial score (nSPS) is 10.7. The summed E-state index contributed by atoms with van der Waals surface area (Å²) in [5, 5.41) is 6.85. The van der Waals surface area contributed by atoms with Gasteiger partial charge in [-0.2, -0.15) is 4.98 Å². The number of hydrogen-bond donors (Lipinski definition) is 1. The number of benzene rings is 2. The number of thioether (sulfide) groups is 1. The highest BCUT2D eigenvalue weighted by molar-refractivity contribution is 7.98. The second-order valence-electron chi connectivity index (χ2n) is 6.64. The Bertz CT molecular complexity index is 957. The summed E-state index contributed by atoms with van der Waals surface area (Å²) in [6.07, 6.45) is 0. The minimum atomic E-state index is -0.0735. The quantitative estimate of drug-likeness (QED) is 0.532. The lowest BCUT2D eigenvalue weighted by Crippen LogP contribution is -2.35. The molecule has 7 heteroatoms. The zero-order valence-corrected chi connectivity index (χ0v) is 17.8. The van der Waals surface area contributed by atoms with Gasteiger partial charge in [0.15, 0.2) is 5.82 Å². The minimum Gasteiger partial charge on any atom is -0.370 e. The number of aryl methyl sites for hydroxylation is 2. The fourth-order valence-corrected chi connectivity index (χ4v) is 3.97. The predicted molar refractivity (Wildman–Crippen MR) is 116 cm³/mol. The number of nitrogens with zero attached hydrogens (tertiary/aromatic N) is 3. The summed E-state index contributed by atoms with van der Waals surface area (Å²) in [6, 6.07) is 15.9. The number of aromatic nitrogens is 2. The van der Waals surface area contributed by atoms with Crippen LogP contribution >= 0.6 is 11.8 Å². The Morgan fingerprint density at radius 1 is 1.14 bits per heavy atom. The third-order valence-electron chi connectivity index (χ3n) is 4.56. The standard InChI is InChI=1S/C22H26N4O2S/c1-4-26(19-11-7-5-9-16(19)2)14-13-23-22(27)18-10-6-8-12-20(18)29-15-21-24-17(3)25-28-21/h5-12H,4,13-15H2,1-3H3,(H,23,27). The Balaban J connectivity index is 1.58. The molecule has 3 aromatic rings. The van der Waals surface area contributed by atoms with E-state index in [1.54, 1.807) is 6.92 Å². The molecule has 0 radical (unpaired) electrons. The van der Waals surface area contributed by atoms with E-state index in [4.69, 9.17) is 4.52 Å². The number of likely N-dealkylation sites (N-methyl/N-ethyl adjacent to an activating group) is 1. The number of hydrogen-bond acceptors (Lipinski definition) is 6. The van der Waals surface area contributed by atoms with Crippen molar-refractivity contribution in [2.75, 3.05) is 24.5 Å². The molecule has 0 aliphatic heterocycles. The van der Waals surface area contributed by atoms with Crippen LogP contribution in [0.4, 0.5) is 5.69 Å². The molecule has 0 bridgehead atoms. The van der Waals surface area contributed by atoms with E-state index in [9.17, 15) is 4.79 Å². The topological polar surface area (TPSA) is 71.3 Å². The van der Waals surface area contributed by atoms with Crippen molar-refractivity contribution in [3.05, 3.63) is 71.4 Å². The van der Waals surface area contributed by atoms with E-state index in [1.807, 2.05) is 36.4 Å². The van der Waals surface area contributed by atoms with Crippen molar-refractivity contribution in [2.45, 2.75) is 31.4 Å². The molecule has 0 saturated carbocycles. The molecule has 1 amide bonds. The van der Waals surface area contributed by atoms with Crippen LogP contribution in [0.15, 0.2) is 57.9 Å². The van der Waals surface area contributed by atoms with Crippen molar-refractivity contribution in [1.29, 1.82) is 0 Å². The summed E-state index contributed by atoms with van der Waals surface area (Å²) in [6.45, 7) is 8.23. The van der Waals surface area contributed by atoms with Crippen LogP contribution in [0.25, 0.3) is 0 Å². The van der Waals surface area contributed by atoms with E-state index in [0.29, 0.717) is 29.6 Å². The maximum absolute atomic E-state index is 12.8. The van der Waals surface area contributed by atoms with Crippen LogP contribution in [-0.2, 0) is 5.75 Å². The molecule has 152 valence electrons. The second-order valence-corrected chi connectivity index (χ2v) is 7.66. The van der Waals surface area contributed by atoms with Gasteiger partial charge < -0.3 is 14.7 Å². The van der Waals surface area contributed by atoms with E-state index in [-0.39, 0.29) is 5.91 Å². The van der Waals surface area contributed by atoms with Crippen molar-refractivity contribution in [2.24, 2.45) is 0 Å². The zero-order chi connectivity index (χ0) is 20.6. The first kappa shape index (κ1) is 20.9. The Morgan fingerprint density at radius 2 is 1.90 bits per heavy atom. The van der Waals surface area contributed by atoms with E-state index in [0.717, 1.165) is 18.0 Å². The third-order valence-corrected chi connectivity index (χ3v) is 5.62. The molecule has 0 unspecified atom stereocenters. The lowest BCUT2D eigenvalue weighted by Gasteiger charge is -2.25. The van der Waals surface area contributed by atoms with Gasteiger partial charge in [0.25, 0.3) is 5.91 Å². The average molecular weight is 411 g/mol. The predicted octanol–water partition coefficient (Wildman–Crippen LogP) is 4.24. The summed E-state index contributed by atoms with van der Waals surface area (Å²) in [5.41, 5.74) is 3.10. The van der Waals surface area contributed by atoms with Gasteiger partial charge in [-0.15, -0.1) is 11.8 Å². The molecule has 0 spiro atoms. The van der Waals surface area contributed by atoms with Gasteiger partial charge >= 0.3 is 0 Å². The van der Waals surface area contributed by atoms with Gasteiger partial charge in [-0.05, 0) is 44.5 Å². The van der Waals surface area contributed by atoms with E-state index < -0.39 is 0 Å². The number of para-hydroxylation sites is 1. The van der Waals surface area contributed by atoms with E-state index in [1.165, 1.54) is 23.0 Å². The van der Waals surface area contributed by atoms with Gasteiger partial charge in [0.1, 0.15) is 0 Å². The fraction of sp³-hybridized carbons (Fsp3) is 0.318. The lowest BCUT2D eigenvalue weighted by molar-refractivity contribution is 0.0951. The highest BCUT2D eigenvalue weighted by Crippen LogP contribution is 2.26. The molecule has 0 atom stereocenters. The van der Waals surface area contributed by atoms with E-state index in [2.05, 4.69) is 46.3 Å². The van der Waals surface area contributed by atoms with Gasteiger partial charge in [0.2, 0.25) is 5.89 Å². The zero-order valence-electron chi connectivity index (χ0n) is 17.0. The first-order valence-corrected chi connectivity index (χ1v) is 10.7. The molecule has 0 aliphatic rings. The van der Waals surface area contributed by atoms with Crippen molar-refractivity contribution in [1.82, 2.24) is 15.5 Å². The van der Waals surface area contributed by atoms with Crippen LogP contribution < -0.4 is 10.2 Å². The number of amides is 1. The van der Waals surface area contributed by atoms with Crippen LogP contribution in [0.3, 0.4) is 0 Å². The van der Waals surface area contributed by atoms with Crippen molar-refractivity contribution >= 4 is 23.4 Å². The molecule has 0 aliphatic carbocycles. The minimum absolute atomic E-state index is 0.0735. The maximum atomic E-state index is 12.8. The molecular weight excluding hydrogens is 384 g/mol. The van der Waals surface area contributed by atoms with Crippen molar-refractivity contribution < 1.29 is 9.32 Å². The Labute approximate surface area is 175 Å². The smallest absolute Gasteiger partial charge is 0.252 e. The van der Waals surface area contributed by atoms with Gasteiger partial charge in [0.05, 0.1) is 11.3 Å². The van der Waals surface area contributed by atoms with Crippen LogP contribution in [0.2, 0.25) is 0 Å². The SMILES string of the molecule is CCN(CCNC(=O)c1ccccc1SCc1nc(C)no1)c1ccccc1C. The average Bonchev–Trinajstić information content (AvgIpc) is 3.15. The molecule has 6 nitrogen and oxygen atoms in total. The highest BCUT2D eigenvalue weighted by atomic mass is 32.2. The van der Waals surface area contributed by atoms with Crippen LogP contribution in [-0.4, -0.2) is 35.7 Å². The summed E-state index contributed by atoms with van der Waals surface area (Å²) in [4.78, 5) is 20.1. The number of anilines is 1. The van der Waals surface area contributed by atoms with Gasteiger partial charge in [0, 0.05) is 30.2 Å². The summed E-state index contributed by atoms with van der Waals surface area (Å²) < 4.78 is 5.15. The molecule has 1 aromatic heterocycles. The molecule has 2 aromatic carbocycles. The monoisotopic (exact) mass is 410 g/mol. The maximum Gasteiger partial charge on any atom is 0.252 e. The molecule has 1 heterocycles. The van der Waals surface area contributed by atoms with Crippen LogP contribution in [0.1, 0.15) is 34.6 Å². The molecule has 0 saturated heterocycles. The van der Waals surface area contributed by atoms with Gasteiger partial charge in [-0.3, -0.25) is 4.79 Å². The van der Waals surface area contributed by atoms with Gasteiger partial charge in [-0.25, -0.2) is 0 Å². The van der Waals surface area contributed by atoms with Crippen LogP contribution in [0, 0.1) is 13.8 Å². The molecule has 0 fully saturated rings. The molecule has 29 heavy (non-hydrogen) atoms. The molecule has 1 N–H and O–H groups in total. The van der Waals surface area contributed by atoms with Crippen molar-refractivity contribution in [3.63, 3.8) is 0 Å². The first-order chi connectivity index (χ1) is 14.1. The number of carbonyl (C=O) groups is 1. The third kappa shape index (κ3) is 5.60. The second kappa shape index (κ2) is 10.1. The van der Waals surface area contributed by atoms with Crippen molar-refractivity contribution in [3.8, 4) is 0 Å². The van der Waals surface area contributed by atoms with E-state index >= 15 is 0 Å². The summed E-state index contributed by atoms with van der Waals surface area (Å²) in [7, 11) is 0. The number of nitrogens with one attached hydrogen (secondary N) is 1. The summed E-state index contributed by atoms with van der Waals surface area (Å²) >= 11 is 1.52. The molecular formula is C22H26N4O2S. The number of carbonyl (C=O) groups excluding carboxylic acids is 1. The van der Waals surface area contributed by atoms with Crippen LogP contribution in [0.5, 0.6) is 0 Å². The Hall–Kier alpha value is -2.80. The fourth-order valence-electron chi connectivity index (χ4n) is 3.09.